The summed E-state index contributed by atoms with van der Waals surface area (Å²) >= 11 is 0. The molecule has 2 aromatic rings. The number of aromatic nitrogens is 1. The largest absolute Gasteiger partial charge is 0.364 e. The highest BCUT2D eigenvalue weighted by atomic mass is 15.3. The number of rotatable bonds is 3. The molecule has 1 N–H and O–H groups in total. The molecule has 4 nitrogen and oxygen atoms in total. The molecule has 4 heteroatoms. The Bertz CT molecular complexity index is 683. The molecule has 1 unspecified atom stereocenters. The maximum absolute atomic E-state index is 4.49. The van der Waals surface area contributed by atoms with Gasteiger partial charge in [-0.05, 0) is 18.6 Å². The third-order valence-electron chi connectivity index (χ3n) is 4.43. The Morgan fingerprint density at radius 3 is 2.81 bits per heavy atom. The summed E-state index contributed by atoms with van der Waals surface area (Å²) in [4.78, 5) is 10.2. The molecule has 2 heterocycles. The highest BCUT2D eigenvalue weighted by molar-refractivity contribution is 5.91. The molecule has 0 aliphatic carbocycles. The molecule has 21 heavy (non-hydrogen) atoms. The molecule has 0 radical (unpaired) electrons. The molecule has 0 bridgehead atoms. The fourth-order valence-corrected chi connectivity index (χ4v) is 3.41. The monoisotopic (exact) mass is 285 g/mol. The zero-order chi connectivity index (χ0) is 15.0. The van der Waals surface area contributed by atoms with Crippen LogP contribution in [0.25, 0.3) is 10.9 Å². The summed E-state index contributed by atoms with van der Waals surface area (Å²) in [6.45, 7) is 5.37. The zero-order valence-electron chi connectivity index (χ0n) is 13.5. The van der Waals surface area contributed by atoms with Crippen LogP contribution in [0.4, 0.5) is 5.82 Å². The summed E-state index contributed by atoms with van der Waals surface area (Å²) in [6.07, 6.45) is 3.30. The van der Waals surface area contributed by atoms with E-state index in [0.717, 1.165) is 17.6 Å². The number of H-pyrrole nitrogens is 1. The van der Waals surface area contributed by atoms with Crippen molar-refractivity contribution in [2.45, 2.75) is 19.9 Å². The number of aryl methyl sites for hydroxylation is 1. The van der Waals surface area contributed by atoms with Crippen LogP contribution in [0.5, 0.6) is 0 Å². The molecule has 0 saturated carbocycles. The number of benzene rings is 1. The maximum Gasteiger partial charge on any atom is 0.185 e. The quantitative estimate of drug-likeness (QED) is 0.864. The van der Waals surface area contributed by atoms with Crippen molar-refractivity contribution in [1.29, 1.82) is 0 Å². The highest BCUT2D eigenvalue weighted by Gasteiger charge is 2.24. The van der Waals surface area contributed by atoms with Crippen molar-refractivity contribution in [1.82, 2.24) is 4.98 Å². The minimum absolute atomic E-state index is 0.904. The van der Waals surface area contributed by atoms with E-state index in [0.29, 0.717) is 0 Å². The minimum Gasteiger partial charge on any atom is -0.364 e. The van der Waals surface area contributed by atoms with Gasteiger partial charge in [0.05, 0.1) is 13.6 Å². The van der Waals surface area contributed by atoms with Crippen LogP contribution in [-0.2, 0) is 6.54 Å². The number of aliphatic imine (C=N–C) groups is 1. The molecular formula is C17H25N4+. The number of nitrogens with one attached hydrogen (secondary N) is 1. The van der Waals surface area contributed by atoms with Gasteiger partial charge in [-0.3, -0.25) is 4.48 Å². The van der Waals surface area contributed by atoms with Crippen molar-refractivity contribution >= 4 is 23.1 Å². The van der Waals surface area contributed by atoms with Gasteiger partial charge in [-0.1, -0.05) is 12.1 Å². The maximum atomic E-state index is 4.49. The molecule has 3 rings (SSSR count). The van der Waals surface area contributed by atoms with E-state index in [2.05, 4.69) is 67.5 Å². The van der Waals surface area contributed by atoms with Gasteiger partial charge >= 0.3 is 0 Å². The van der Waals surface area contributed by atoms with Gasteiger partial charge in [0.2, 0.25) is 0 Å². The van der Waals surface area contributed by atoms with Gasteiger partial charge in [-0.15, -0.1) is 0 Å². The first-order chi connectivity index (χ1) is 10.0. The summed E-state index contributed by atoms with van der Waals surface area (Å²) in [5.74, 6) is 1.20. The number of fused-ring (bicyclic) bond motifs is 1. The number of quaternary nitrogens is 1. The van der Waals surface area contributed by atoms with E-state index in [9.17, 15) is 0 Å². The van der Waals surface area contributed by atoms with Gasteiger partial charge in [-0.2, -0.15) is 0 Å². The van der Waals surface area contributed by atoms with Gasteiger partial charge < -0.3 is 9.88 Å². The summed E-state index contributed by atoms with van der Waals surface area (Å²) in [6, 6.07) is 6.58. The van der Waals surface area contributed by atoms with Crippen LogP contribution in [0.15, 0.2) is 23.2 Å². The molecule has 0 spiro atoms. The fourth-order valence-electron chi connectivity index (χ4n) is 3.41. The predicted molar refractivity (Wildman–Crippen MR) is 90.1 cm³/mol. The Morgan fingerprint density at radius 1 is 1.33 bits per heavy atom. The van der Waals surface area contributed by atoms with Crippen molar-refractivity contribution in [3.63, 3.8) is 0 Å². The van der Waals surface area contributed by atoms with Gasteiger partial charge in [0.25, 0.3) is 0 Å². The zero-order valence-corrected chi connectivity index (χ0v) is 13.5. The lowest BCUT2D eigenvalue weighted by molar-refractivity contribution is -0.830. The van der Waals surface area contributed by atoms with Gasteiger partial charge in [0.1, 0.15) is 12.4 Å². The van der Waals surface area contributed by atoms with Crippen molar-refractivity contribution in [3.05, 3.63) is 29.3 Å². The third-order valence-corrected chi connectivity index (χ3v) is 4.43. The normalized spacial score (nSPS) is 21.9. The number of aromatic amines is 1. The topological polar surface area (TPSA) is 31.4 Å². The van der Waals surface area contributed by atoms with Crippen LogP contribution in [-0.4, -0.2) is 50.0 Å². The summed E-state index contributed by atoms with van der Waals surface area (Å²) in [5, 5.41) is 1.37. The summed E-state index contributed by atoms with van der Waals surface area (Å²) < 4.78 is 0.904. The summed E-state index contributed by atoms with van der Waals surface area (Å²) in [5.41, 5.74) is 3.98. The number of hydrogen-bond acceptors (Lipinski definition) is 2. The van der Waals surface area contributed by atoms with Crippen LogP contribution in [0, 0.1) is 6.92 Å². The third kappa shape index (κ3) is 2.56. The number of nitrogens with zero attached hydrogens (tertiary/aromatic N) is 3. The second kappa shape index (κ2) is 5.19. The van der Waals surface area contributed by atoms with Crippen LogP contribution in [0.1, 0.15) is 17.5 Å². The molecule has 0 amide bonds. The average Bonchev–Trinajstić information content (AvgIpc) is 2.78. The first-order valence-corrected chi connectivity index (χ1v) is 7.63. The Balaban J connectivity index is 2.06. The Morgan fingerprint density at radius 2 is 2.14 bits per heavy atom. The lowest BCUT2D eigenvalue weighted by Gasteiger charge is -2.31. The van der Waals surface area contributed by atoms with E-state index in [1.54, 1.807) is 0 Å². The van der Waals surface area contributed by atoms with Crippen molar-refractivity contribution in [2.24, 2.45) is 4.99 Å². The van der Waals surface area contributed by atoms with Crippen molar-refractivity contribution < 1.29 is 4.48 Å². The van der Waals surface area contributed by atoms with E-state index in [4.69, 9.17) is 0 Å². The lowest BCUT2D eigenvalue weighted by Crippen LogP contribution is -2.44. The summed E-state index contributed by atoms with van der Waals surface area (Å²) in [7, 11) is 6.45. The van der Waals surface area contributed by atoms with Crippen molar-refractivity contribution in [3.8, 4) is 0 Å². The van der Waals surface area contributed by atoms with E-state index in [-0.39, 0.29) is 0 Å². The number of hydrogen-bond donors (Lipinski definition) is 1. The van der Waals surface area contributed by atoms with Crippen LogP contribution >= 0.6 is 0 Å². The van der Waals surface area contributed by atoms with Crippen LogP contribution in [0.3, 0.4) is 0 Å². The second-order valence-corrected chi connectivity index (χ2v) is 6.57. The van der Waals surface area contributed by atoms with Gasteiger partial charge in [0.15, 0.2) is 6.34 Å². The van der Waals surface area contributed by atoms with Gasteiger partial charge in [-0.25, -0.2) is 4.99 Å². The SMILES string of the molecule is Cc1c(N(C)C)[nH]c2cccc(C[N+]3(C)C=NCCC3)c12. The molecule has 0 fully saturated rings. The fraction of sp³-hybridized carbons (Fsp3) is 0.471. The van der Waals surface area contributed by atoms with Crippen molar-refractivity contribution in [2.75, 3.05) is 39.1 Å². The molecule has 1 aliphatic heterocycles. The first kappa shape index (κ1) is 14.1. The van der Waals surface area contributed by atoms with E-state index < -0.39 is 0 Å². The van der Waals surface area contributed by atoms with E-state index >= 15 is 0 Å². The minimum atomic E-state index is 0.904. The van der Waals surface area contributed by atoms with E-state index in [1.165, 1.54) is 40.8 Å². The molecule has 112 valence electrons. The van der Waals surface area contributed by atoms with Crippen LogP contribution in [0.2, 0.25) is 0 Å². The Labute approximate surface area is 126 Å². The average molecular weight is 285 g/mol. The number of anilines is 1. The second-order valence-electron chi connectivity index (χ2n) is 6.57. The molecule has 0 saturated heterocycles. The van der Waals surface area contributed by atoms with E-state index in [1.807, 2.05) is 0 Å². The lowest BCUT2D eigenvalue weighted by atomic mass is 10.0. The first-order valence-electron chi connectivity index (χ1n) is 7.63. The molecule has 1 atom stereocenters. The molecular weight excluding hydrogens is 260 g/mol. The van der Waals surface area contributed by atoms with Crippen LogP contribution < -0.4 is 4.90 Å². The Hall–Kier alpha value is -1.81. The predicted octanol–water partition coefficient (Wildman–Crippen LogP) is 2.92. The molecule has 1 aromatic carbocycles. The molecule has 1 aromatic heterocycles. The van der Waals surface area contributed by atoms with Gasteiger partial charge in [0, 0.05) is 43.5 Å². The Kier molecular flexibility index (Phi) is 3.49. The molecule has 1 aliphatic rings. The standard InChI is InChI=1S/C17H25N4/c1-13-16-14(11-21(4)10-6-9-18-12-21)7-5-8-15(16)19-17(13)20(2)3/h5,7-8,12,19H,6,9-11H2,1-4H3/q+1. The smallest absolute Gasteiger partial charge is 0.185 e. The highest BCUT2D eigenvalue weighted by Crippen LogP contribution is 2.31.